The Bertz CT molecular complexity index is 1580. The van der Waals surface area contributed by atoms with E-state index in [9.17, 15) is 35.9 Å². The predicted molar refractivity (Wildman–Crippen MR) is 145 cm³/mol. The van der Waals surface area contributed by atoms with Crippen molar-refractivity contribution in [3.63, 3.8) is 0 Å². The molecule has 6 nitrogen and oxygen atoms in total. The second-order valence-electron chi connectivity index (χ2n) is 11.0. The first-order chi connectivity index (χ1) is 19.9. The number of halogens is 6. The van der Waals surface area contributed by atoms with Crippen LogP contribution in [0.15, 0.2) is 47.5 Å². The van der Waals surface area contributed by atoms with Crippen molar-refractivity contribution in [1.29, 1.82) is 0 Å². The highest BCUT2D eigenvalue weighted by Gasteiger charge is 2.40. The third-order valence-corrected chi connectivity index (χ3v) is 9.15. The Hall–Kier alpha value is -3.32. The number of fused-ring (bicyclic) bond motifs is 2. The Balaban J connectivity index is 1.19. The predicted octanol–water partition coefficient (Wildman–Crippen LogP) is 7.03. The summed E-state index contributed by atoms with van der Waals surface area (Å²) in [6.07, 6.45) is -2.38. The number of thioether (sulfide) groups is 1. The van der Waals surface area contributed by atoms with Crippen LogP contribution >= 0.6 is 11.8 Å². The molecule has 0 N–H and O–H groups in total. The van der Waals surface area contributed by atoms with Crippen LogP contribution < -0.4 is 0 Å². The van der Waals surface area contributed by atoms with Gasteiger partial charge in [0.2, 0.25) is 0 Å². The molecule has 1 aromatic heterocycles. The van der Waals surface area contributed by atoms with Gasteiger partial charge in [-0.15, -0.1) is 0 Å². The van der Waals surface area contributed by atoms with Gasteiger partial charge < -0.3 is 4.90 Å². The van der Waals surface area contributed by atoms with Crippen LogP contribution in [0.1, 0.15) is 47.9 Å². The molecule has 4 heterocycles. The molecule has 0 aliphatic carbocycles. The minimum absolute atomic E-state index is 0.115. The highest BCUT2D eigenvalue weighted by atomic mass is 32.2. The van der Waals surface area contributed by atoms with Gasteiger partial charge >= 0.3 is 12.4 Å². The monoisotopic (exact) mass is 608 g/mol. The van der Waals surface area contributed by atoms with Crippen LogP contribution in [0.5, 0.6) is 0 Å². The summed E-state index contributed by atoms with van der Waals surface area (Å²) in [5, 5.41) is 4.41. The van der Waals surface area contributed by atoms with Gasteiger partial charge in [-0.05, 0) is 91.4 Å². The maximum atomic E-state index is 13.6. The summed E-state index contributed by atoms with van der Waals surface area (Å²) in [6, 6.07) is 7.14. The first kappa shape index (κ1) is 28.8. The fraction of sp³-hybridized carbons (Fsp3) is 0.414. The van der Waals surface area contributed by atoms with E-state index in [1.54, 1.807) is 24.3 Å². The topological polar surface area (TPSA) is 58.4 Å². The van der Waals surface area contributed by atoms with Crippen LogP contribution in [-0.4, -0.2) is 56.4 Å². The van der Waals surface area contributed by atoms with E-state index >= 15 is 0 Å². The summed E-state index contributed by atoms with van der Waals surface area (Å²) in [6.45, 7) is 1.95. The third kappa shape index (κ3) is 5.68. The van der Waals surface area contributed by atoms with Crippen LogP contribution in [0.3, 0.4) is 0 Å². The Morgan fingerprint density at radius 3 is 2.55 bits per heavy atom. The quantitative estimate of drug-likeness (QED) is 0.230. The lowest BCUT2D eigenvalue weighted by atomic mass is 9.93. The number of imide groups is 1. The number of amides is 2. The van der Waals surface area contributed by atoms with Gasteiger partial charge in [0.1, 0.15) is 0 Å². The molecular formula is C29H26F6N4O2S. The zero-order valence-electron chi connectivity index (χ0n) is 22.2. The molecule has 3 fully saturated rings. The summed E-state index contributed by atoms with van der Waals surface area (Å²) < 4.78 is 81.2. The number of alkyl halides is 6. The zero-order valence-corrected chi connectivity index (χ0v) is 23.0. The molecule has 6 rings (SSSR count). The molecule has 42 heavy (non-hydrogen) atoms. The lowest BCUT2D eigenvalue weighted by Crippen LogP contribution is -2.44. The molecule has 3 aromatic rings. The summed E-state index contributed by atoms with van der Waals surface area (Å²) in [4.78, 5) is 29.9. The minimum Gasteiger partial charge on any atom is -0.300 e. The molecule has 2 aromatic carbocycles. The molecule has 2 atom stereocenters. The van der Waals surface area contributed by atoms with Gasteiger partial charge in [0.05, 0.1) is 34.3 Å². The normalized spacial score (nSPS) is 23.0. The average Bonchev–Trinajstić information content (AvgIpc) is 3.62. The van der Waals surface area contributed by atoms with Crippen molar-refractivity contribution >= 4 is 39.9 Å². The molecule has 0 saturated carbocycles. The van der Waals surface area contributed by atoms with E-state index in [1.807, 2.05) is 0 Å². The largest absolute Gasteiger partial charge is 0.416 e. The maximum absolute atomic E-state index is 13.6. The van der Waals surface area contributed by atoms with Gasteiger partial charge in [0.25, 0.3) is 11.1 Å². The van der Waals surface area contributed by atoms with Crippen LogP contribution in [-0.2, 0) is 23.7 Å². The van der Waals surface area contributed by atoms with Crippen molar-refractivity contribution in [3.05, 3.63) is 69.8 Å². The van der Waals surface area contributed by atoms with Crippen molar-refractivity contribution in [2.45, 2.75) is 50.6 Å². The maximum Gasteiger partial charge on any atom is 0.416 e. The first-order valence-corrected chi connectivity index (χ1v) is 14.4. The van der Waals surface area contributed by atoms with Gasteiger partial charge in [0.15, 0.2) is 0 Å². The van der Waals surface area contributed by atoms with Crippen molar-refractivity contribution in [1.82, 2.24) is 19.6 Å². The molecule has 222 valence electrons. The summed E-state index contributed by atoms with van der Waals surface area (Å²) in [5.41, 5.74) is -2.03. The van der Waals surface area contributed by atoms with E-state index in [4.69, 9.17) is 0 Å². The molecule has 0 bridgehead atoms. The number of carbonyl (C=O) groups excluding carboxylic acids is 2. The van der Waals surface area contributed by atoms with Gasteiger partial charge in [0, 0.05) is 24.5 Å². The lowest BCUT2D eigenvalue weighted by molar-refractivity contribution is -0.143. The average molecular weight is 609 g/mol. The zero-order chi connectivity index (χ0) is 29.8. The third-order valence-electron chi connectivity index (χ3n) is 8.24. The minimum atomic E-state index is -4.98. The highest BCUT2D eigenvalue weighted by Crippen LogP contribution is 2.39. The van der Waals surface area contributed by atoms with E-state index in [-0.39, 0.29) is 28.7 Å². The number of hydrogen-bond acceptors (Lipinski definition) is 5. The molecule has 3 aliphatic rings. The standard InChI is InChI=1S/C29H26F6N4O2S/c30-28(31,32)21-6-5-19(23(12-21)29(33,34)35)16-39-24-8-4-17(10-20(24)13-36-39)11-25-26(40)38(27(41)42-25)15-18-3-7-22-2-1-9-37(22)14-18/h4-6,8,10-13,18,22H,1-3,7,9,14-16H2/b25-11-/t18-,22+/m1/s1. The summed E-state index contributed by atoms with van der Waals surface area (Å²) >= 11 is 0.881. The summed E-state index contributed by atoms with van der Waals surface area (Å²) in [5.74, 6) is -0.0942. The molecule has 2 amide bonds. The Labute approximate surface area is 241 Å². The van der Waals surface area contributed by atoms with Crippen molar-refractivity contribution in [2.24, 2.45) is 5.92 Å². The second-order valence-corrected chi connectivity index (χ2v) is 12.0. The van der Waals surface area contributed by atoms with E-state index in [2.05, 4.69) is 10.00 Å². The van der Waals surface area contributed by atoms with Gasteiger partial charge in [-0.1, -0.05) is 12.1 Å². The van der Waals surface area contributed by atoms with Crippen LogP contribution in [0.25, 0.3) is 17.0 Å². The molecule has 3 aliphatic heterocycles. The fourth-order valence-corrected chi connectivity index (χ4v) is 7.01. The Kier molecular flexibility index (Phi) is 7.37. The smallest absolute Gasteiger partial charge is 0.300 e. The van der Waals surface area contributed by atoms with Crippen molar-refractivity contribution < 1.29 is 35.9 Å². The van der Waals surface area contributed by atoms with Crippen molar-refractivity contribution in [2.75, 3.05) is 19.6 Å². The van der Waals surface area contributed by atoms with E-state index in [0.717, 1.165) is 43.8 Å². The molecule has 0 radical (unpaired) electrons. The first-order valence-electron chi connectivity index (χ1n) is 13.6. The van der Waals surface area contributed by atoms with E-state index < -0.39 is 30.0 Å². The number of aromatic nitrogens is 2. The molecular weight excluding hydrogens is 582 g/mol. The van der Waals surface area contributed by atoms with Crippen LogP contribution in [0, 0.1) is 5.92 Å². The van der Waals surface area contributed by atoms with E-state index in [1.165, 1.54) is 28.6 Å². The summed E-state index contributed by atoms with van der Waals surface area (Å²) in [7, 11) is 0. The number of rotatable bonds is 5. The SMILES string of the molecule is O=C1S/C(=C\c2ccc3c(cnn3Cc3ccc(C(F)(F)F)cc3C(F)(F)F)c2)C(=O)N1C[C@@H]1CC[C@@H]2CCCN2C1. The molecule has 0 spiro atoms. The number of carbonyl (C=O) groups is 2. The Morgan fingerprint density at radius 2 is 1.79 bits per heavy atom. The number of hydrogen-bond donors (Lipinski definition) is 0. The van der Waals surface area contributed by atoms with Crippen LogP contribution in [0.4, 0.5) is 31.1 Å². The second kappa shape index (κ2) is 10.7. The van der Waals surface area contributed by atoms with Gasteiger partial charge in [-0.2, -0.15) is 31.4 Å². The van der Waals surface area contributed by atoms with Gasteiger partial charge in [-0.25, -0.2) is 0 Å². The highest BCUT2D eigenvalue weighted by molar-refractivity contribution is 8.18. The number of nitrogens with zero attached hydrogens (tertiary/aromatic N) is 4. The van der Waals surface area contributed by atoms with Gasteiger partial charge in [-0.3, -0.25) is 19.2 Å². The van der Waals surface area contributed by atoms with Crippen LogP contribution in [0.2, 0.25) is 0 Å². The number of benzene rings is 2. The van der Waals surface area contributed by atoms with E-state index in [0.29, 0.717) is 40.0 Å². The molecule has 0 unspecified atom stereocenters. The molecule has 3 saturated heterocycles. The Morgan fingerprint density at radius 1 is 0.976 bits per heavy atom. The lowest BCUT2D eigenvalue weighted by Gasteiger charge is -2.36. The molecule has 13 heteroatoms. The van der Waals surface area contributed by atoms with Crippen molar-refractivity contribution in [3.8, 4) is 0 Å². The fourth-order valence-electron chi connectivity index (χ4n) is 6.17. The number of piperidine rings is 1.